The summed E-state index contributed by atoms with van der Waals surface area (Å²) in [4.78, 5) is 2.09. The molecule has 0 aliphatic rings. The van der Waals surface area contributed by atoms with Crippen molar-refractivity contribution >= 4 is 0 Å². The number of nitrogens with one attached hydrogen (secondary N) is 1. The van der Waals surface area contributed by atoms with E-state index in [1.807, 2.05) is 12.1 Å². The second kappa shape index (κ2) is 47.3. The predicted octanol–water partition coefficient (Wildman–Crippen LogP) is 2.23. The Morgan fingerprint density at radius 3 is 1.42 bits per heavy atom. The van der Waals surface area contributed by atoms with Crippen molar-refractivity contribution in [2.24, 2.45) is 0 Å². The third kappa shape index (κ3) is 53.1. The van der Waals surface area contributed by atoms with Gasteiger partial charge < -0.3 is 25.0 Å². The van der Waals surface area contributed by atoms with Crippen molar-refractivity contribution in [2.75, 3.05) is 72.4 Å². The second-order valence-corrected chi connectivity index (χ2v) is 5.32. The first-order chi connectivity index (χ1) is 14.7. The zero-order chi connectivity index (χ0) is 23.1. The van der Waals surface area contributed by atoms with Gasteiger partial charge in [-0.05, 0) is 0 Å². The maximum absolute atomic E-state index is 8.59. The molecule has 0 saturated heterocycles. The number of ether oxygens (including phenoxy) is 2. The van der Waals surface area contributed by atoms with Crippen LogP contribution in [0.1, 0.15) is 41.5 Å². The van der Waals surface area contributed by atoms with Crippen LogP contribution < -0.4 is 5.32 Å². The van der Waals surface area contributed by atoms with Crippen LogP contribution in [0.3, 0.4) is 0 Å². The molecule has 0 aromatic carbocycles. The molecule has 0 aliphatic carbocycles. The van der Waals surface area contributed by atoms with Gasteiger partial charge in [0.05, 0.1) is 76.8 Å². The molecule has 0 unspecified atom stereocenters. The van der Waals surface area contributed by atoms with Crippen LogP contribution in [0.25, 0.3) is 0 Å². The third-order valence-corrected chi connectivity index (χ3v) is 3.03. The lowest BCUT2D eigenvalue weighted by atomic mass is 10.4. The highest BCUT2D eigenvalue weighted by Gasteiger charge is 2.04. The number of hydrogen-bond donors (Lipinski definition) is 3. The summed E-state index contributed by atoms with van der Waals surface area (Å²) in [6, 6.07) is 7.84. The SMILES string of the molecule is C.C.C.C=CC#N.N#CCCOCCN(CCC#N)CCOCCC#N.OCCNCCO. The van der Waals surface area contributed by atoms with Crippen LogP contribution in [0.15, 0.2) is 12.7 Å². The Morgan fingerprint density at radius 2 is 1.12 bits per heavy atom. The highest BCUT2D eigenvalue weighted by atomic mass is 16.5. The van der Waals surface area contributed by atoms with Gasteiger partial charge in [0.2, 0.25) is 0 Å². The van der Waals surface area contributed by atoms with Gasteiger partial charge in [0, 0.05) is 45.2 Å². The fraction of sp³-hybridized carbons (Fsp3) is 0.739. The van der Waals surface area contributed by atoms with Crippen LogP contribution in [-0.2, 0) is 9.47 Å². The lowest BCUT2D eigenvalue weighted by molar-refractivity contribution is 0.0788. The number of aliphatic hydroxyl groups excluding tert-OH is 2. The zero-order valence-electron chi connectivity index (χ0n) is 17.6. The summed E-state index contributed by atoms with van der Waals surface area (Å²) in [5.41, 5.74) is 0. The molecule has 0 spiro atoms. The zero-order valence-corrected chi connectivity index (χ0v) is 17.6. The molecule has 10 heteroatoms. The molecule has 0 fully saturated rings. The molecular weight excluding hydrogens is 424 g/mol. The molecule has 0 aliphatic heterocycles. The maximum atomic E-state index is 8.59. The van der Waals surface area contributed by atoms with E-state index in [0.717, 1.165) is 0 Å². The Bertz CT molecular complexity index is 493. The van der Waals surface area contributed by atoms with E-state index in [0.29, 0.717) is 78.4 Å². The lowest BCUT2D eigenvalue weighted by Gasteiger charge is -2.20. The minimum absolute atomic E-state index is 0. The monoisotopic (exact) mass is 470 g/mol. The van der Waals surface area contributed by atoms with E-state index in [1.54, 1.807) is 6.07 Å². The van der Waals surface area contributed by atoms with Crippen molar-refractivity contribution in [3.63, 3.8) is 0 Å². The molecule has 0 aromatic rings. The topological polar surface area (TPSA) is 169 Å². The Balaban J connectivity index is -0.000000109. The van der Waals surface area contributed by atoms with Crippen molar-refractivity contribution in [1.29, 1.82) is 21.0 Å². The first-order valence-corrected chi connectivity index (χ1v) is 9.59. The van der Waals surface area contributed by atoms with Crippen molar-refractivity contribution in [2.45, 2.75) is 41.5 Å². The molecule has 0 atom stereocenters. The molecule has 3 N–H and O–H groups in total. The number of nitrogens with zero attached hydrogens (tertiary/aromatic N) is 5. The van der Waals surface area contributed by atoms with E-state index in [9.17, 15) is 0 Å². The summed E-state index contributed by atoms with van der Waals surface area (Å²) in [6.07, 6.45) is 2.45. The predicted molar refractivity (Wildman–Crippen MR) is 132 cm³/mol. The van der Waals surface area contributed by atoms with E-state index in [1.165, 1.54) is 6.08 Å². The summed E-state index contributed by atoms with van der Waals surface area (Å²) >= 11 is 0. The second-order valence-electron chi connectivity index (χ2n) is 5.32. The smallest absolute Gasteiger partial charge is 0.0905 e. The van der Waals surface area contributed by atoms with E-state index in [4.69, 9.17) is 40.7 Å². The van der Waals surface area contributed by atoms with E-state index in [2.05, 4.69) is 22.9 Å². The van der Waals surface area contributed by atoms with Crippen LogP contribution in [0, 0.1) is 45.3 Å². The summed E-state index contributed by atoms with van der Waals surface area (Å²) in [5, 5.41) is 51.9. The fourth-order valence-corrected chi connectivity index (χ4v) is 1.65. The molecule has 0 saturated carbocycles. The molecular formula is C23H46N6O4. The Hall–Kier alpha value is -2.54. The number of hydrogen-bond acceptors (Lipinski definition) is 10. The van der Waals surface area contributed by atoms with Crippen molar-refractivity contribution in [3.8, 4) is 24.3 Å². The average Bonchev–Trinajstić information content (AvgIpc) is 2.77. The molecule has 0 aromatic heterocycles. The number of allylic oxidation sites excluding steroid dienone is 1. The standard InChI is InChI=1S/C13H20N4O2.C4H11NO2.C3H3N.3CH4/c14-4-1-7-17(8-12-18-10-2-5-15)9-13-19-11-3-6-16;6-3-1-5-2-4-7;1-2-3-4;;;/h1-3,7-13H2;5-7H,1-4H2;2H,1H2;3*1H4. The van der Waals surface area contributed by atoms with Gasteiger partial charge >= 0.3 is 0 Å². The molecule has 0 heterocycles. The summed E-state index contributed by atoms with van der Waals surface area (Å²) in [7, 11) is 0. The fourth-order valence-electron chi connectivity index (χ4n) is 1.65. The molecule has 10 nitrogen and oxygen atoms in total. The van der Waals surface area contributed by atoms with Crippen LogP contribution >= 0.6 is 0 Å². The molecule has 0 radical (unpaired) electrons. The quantitative estimate of drug-likeness (QED) is 0.224. The van der Waals surface area contributed by atoms with Crippen LogP contribution in [-0.4, -0.2) is 87.5 Å². The van der Waals surface area contributed by atoms with Gasteiger partial charge in [-0.25, -0.2) is 0 Å². The van der Waals surface area contributed by atoms with Crippen LogP contribution in [0.5, 0.6) is 0 Å². The highest BCUT2D eigenvalue weighted by Crippen LogP contribution is 1.93. The van der Waals surface area contributed by atoms with Gasteiger partial charge in [-0.3, -0.25) is 4.90 Å². The molecule has 192 valence electrons. The van der Waals surface area contributed by atoms with Crippen LogP contribution in [0.2, 0.25) is 0 Å². The van der Waals surface area contributed by atoms with Gasteiger partial charge in [-0.15, -0.1) is 0 Å². The van der Waals surface area contributed by atoms with Gasteiger partial charge in [0.25, 0.3) is 0 Å². The normalized spacial score (nSPS) is 8.09. The maximum Gasteiger partial charge on any atom is 0.0905 e. The Labute approximate surface area is 202 Å². The number of aliphatic hydroxyl groups is 2. The largest absolute Gasteiger partial charge is 0.395 e. The summed E-state index contributed by atoms with van der Waals surface area (Å²) in [6.45, 7) is 8.64. The van der Waals surface area contributed by atoms with Gasteiger partial charge in [-0.2, -0.15) is 21.0 Å². The third-order valence-electron chi connectivity index (χ3n) is 3.03. The molecule has 0 bridgehead atoms. The number of nitriles is 4. The van der Waals surface area contributed by atoms with E-state index < -0.39 is 0 Å². The molecule has 0 rings (SSSR count). The Kier molecular flexibility index (Phi) is 63.3. The molecule has 33 heavy (non-hydrogen) atoms. The summed E-state index contributed by atoms with van der Waals surface area (Å²) < 4.78 is 10.6. The summed E-state index contributed by atoms with van der Waals surface area (Å²) in [5.74, 6) is 0. The van der Waals surface area contributed by atoms with Gasteiger partial charge in [-0.1, -0.05) is 28.9 Å². The van der Waals surface area contributed by atoms with E-state index in [-0.39, 0.29) is 35.5 Å². The minimum Gasteiger partial charge on any atom is -0.395 e. The van der Waals surface area contributed by atoms with Crippen molar-refractivity contribution in [1.82, 2.24) is 10.2 Å². The van der Waals surface area contributed by atoms with Gasteiger partial charge in [0.15, 0.2) is 0 Å². The van der Waals surface area contributed by atoms with Crippen LogP contribution in [0.4, 0.5) is 0 Å². The van der Waals surface area contributed by atoms with E-state index >= 15 is 0 Å². The Morgan fingerprint density at radius 1 is 0.727 bits per heavy atom. The average molecular weight is 471 g/mol. The lowest BCUT2D eigenvalue weighted by Crippen LogP contribution is -2.32. The first kappa shape index (κ1) is 44.2. The van der Waals surface area contributed by atoms with Gasteiger partial charge in [0.1, 0.15) is 0 Å². The van der Waals surface area contributed by atoms with Crippen molar-refractivity contribution in [3.05, 3.63) is 12.7 Å². The first-order valence-electron chi connectivity index (χ1n) is 9.59. The molecule has 0 amide bonds. The number of rotatable bonds is 16. The minimum atomic E-state index is 0. The van der Waals surface area contributed by atoms with Crippen molar-refractivity contribution < 1.29 is 19.7 Å². The highest BCUT2D eigenvalue weighted by molar-refractivity contribution is 4.93.